The largest absolute Gasteiger partial charge is 0.256 e. The molecule has 0 amide bonds. The predicted octanol–water partition coefficient (Wildman–Crippen LogP) is 2.54. The van der Waals surface area contributed by atoms with Crippen molar-refractivity contribution in [1.82, 2.24) is 0 Å². The Bertz CT molecular complexity index is 152. The Labute approximate surface area is 66.8 Å². The third-order valence-corrected chi connectivity index (χ3v) is 2.56. The van der Waals surface area contributed by atoms with Crippen molar-refractivity contribution in [2.45, 2.75) is 32.4 Å². The molecule has 0 saturated heterocycles. The van der Waals surface area contributed by atoms with Crippen molar-refractivity contribution in [3.8, 4) is 0 Å². The molecule has 0 heterocycles. The van der Waals surface area contributed by atoms with Crippen molar-refractivity contribution in [1.29, 1.82) is 0 Å². The van der Waals surface area contributed by atoms with Crippen LogP contribution in [-0.4, -0.2) is 13.0 Å². The topological polar surface area (TPSA) is 0 Å². The lowest BCUT2D eigenvalue weighted by molar-refractivity contribution is 0.233. The van der Waals surface area contributed by atoms with Gasteiger partial charge in [-0.05, 0) is 0 Å². The van der Waals surface area contributed by atoms with Gasteiger partial charge in [0.05, 0.1) is 6.71 Å². The van der Waals surface area contributed by atoms with E-state index in [1.807, 2.05) is 0 Å². The van der Waals surface area contributed by atoms with Gasteiger partial charge in [0, 0.05) is 0 Å². The molecule has 0 aliphatic heterocycles. The SMILES string of the molecule is C=C(C)[BH-](CC1CC1)C(F)F. The minimum Gasteiger partial charge on any atom is -0.256 e. The van der Waals surface area contributed by atoms with E-state index in [-0.39, 0.29) is 0 Å². The molecule has 0 nitrogen and oxygen atoms in total. The lowest BCUT2D eigenvalue weighted by Crippen LogP contribution is -2.25. The summed E-state index contributed by atoms with van der Waals surface area (Å²) in [6.45, 7) is 3.98. The molecule has 1 aliphatic rings. The van der Waals surface area contributed by atoms with E-state index in [0.717, 1.165) is 19.2 Å². The highest BCUT2D eigenvalue weighted by Gasteiger charge is 2.25. The summed E-state index contributed by atoms with van der Waals surface area (Å²) in [4.78, 5) is 0. The number of hydrogen-bond acceptors (Lipinski definition) is 0. The van der Waals surface area contributed by atoms with E-state index in [0.29, 0.717) is 11.4 Å². The van der Waals surface area contributed by atoms with Gasteiger partial charge in [0.1, 0.15) is 6.32 Å². The van der Waals surface area contributed by atoms with Gasteiger partial charge in [0.2, 0.25) is 0 Å². The molecule has 0 N–H and O–H groups in total. The summed E-state index contributed by atoms with van der Waals surface area (Å²) < 4.78 is 24.6. The Morgan fingerprint density at radius 1 is 1.64 bits per heavy atom. The van der Waals surface area contributed by atoms with Crippen molar-refractivity contribution < 1.29 is 8.78 Å². The Hall–Kier alpha value is -0.335. The fourth-order valence-electron chi connectivity index (χ4n) is 1.48. The number of hydrogen-bond donors (Lipinski definition) is 0. The zero-order valence-corrected chi connectivity index (χ0v) is 6.95. The van der Waals surface area contributed by atoms with Gasteiger partial charge in [0.25, 0.3) is 0 Å². The molecule has 0 aromatic carbocycles. The molecule has 1 fully saturated rings. The molecule has 1 unspecified atom stereocenters. The summed E-state index contributed by atoms with van der Waals surface area (Å²) in [6.07, 6.45) is 0.910. The summed E-state index contributed by atoms with van der Waals surface area (Å²) in [6, 6.07) is 0. The standard InChI is InChI=1S/C8H14BF2/c1-6(2)9(8(10)11)5-7-3-4-7/h7-9H,1,3-5H2,2H3/q-1. The molecule has 64 valence electrons. The number of alkyl halides is 2. The maximum atomic E-state index is 12.3. The fraction of sp³-hybridized carbons (Fsp3) is 0.750. The van der Waals surface area contributed by atoms with Crippen LogP contribution < -0.4 is 0 Å². The maximum absolute atomic E-state index is 12.3. The van der Waals surface area contributed by atoms with Crippen molar-refractivity contribution in [3.63, 3.8) is 0 Å². The second-order valence-corrected chi connectivity index (χ2v) is 3.82. The zero-order valence-electron chi connectivity index (χ0n) is 6.95. The number of allylic oxidation sites excluding steroid dienone is 1. The van der Waals surface area contributed by atoms with Gasteiger partial charge in [-0.3, -0.25) is 8.78 Å². The summed E-state index contributed by atoms with van der Waals surface area (Å²) in [7, 11) is 0. The van der Waals surface area contributed by atoms with Crippen LogP contribution in [0.15, 0.2) is 12.1 Å². The first kappa shape index (κ1) is 8.76. The average Bonchev–Trinajstić information content (AvgIpc) is 2.63. The van der Waals surface area contributed by atoms with Gasteiger partial charge in [-0.25, -0.2) is 5.47 Å². The molecule has 1 saturated carbocycles. The first-order valence-electron chi connectivity index (χ1n) is 4.28. The normalized spacial score (nSPS) is 20.4. The Morgan fingerprint density at radius 3 is 2.45 bits per heavy atom. The van der Waals surface area contributed by atoms with Crippen LogP contribution in [0, 0.1) is 5.92 Å². The number of rotatable bonds is 4. The highest BCUT2D eigenvalue weighted by Crippen LogP contribution is 2.36. The summed E-state index contributed by atoms with van der Waals surface area (Å²) in [5.41, 5.74) is 0.715. The highest BCUT2D eigenvalue weighted by molar-refractivity contribution is 6.67. The lowest BCUT2D eigenvalue weighted by atomic mass is 9.42. The van der Waals surface area contributed by atoms with Crippen LogP contribution in [0.1, 0.15) is 19.8 Å². The molecule has 0 aromatic rings. The van der Waals surface area contributed by atoms with Crippen LogP contribution in [0.5, 0.6) is 0 Å². The minimum absolute atomic E-state index is 0.598. The van der Waals surface area contributed by atoms with Crippen molar-refractivity contribution >= 4 is 6.71 Å². The van der Waals surface area contributed by atoms with Crippen LogP contribution in [0.3, 0.4) is 0 Å². The first-order chi connectivity index (χ1) is 5.11. The monoisotopic (exact) mass is 159 g/mol. The van der Waals surface area contributed by atoms with Gasteiger partial charge < -0.3 is 0 Å². The lowest BCUT2D eigenvalue weighted by Gasteiger charge is -2.21. The molecule has 3 heteroatoms. The van der Waals surface area contributed by atoms with Crippen LogP contribution in [0.2, 0.25) is 6.32 Å². The summed E-state index contributed by atoms with van der Waals surface area (Å²) in [5, 5.41) is 0. The molecule has 0 radical (unpaired) electrons. The molecule has 1 atom stereocenters. The van der Waals surface area contributed by atoms with Crippen molar-refractivity contribution in [2.75, 3.05) is 0 Å². The van der Waals surface area contributed by atoms with E-state index in [9.17, 15) is 8.78 Å². The zero-order chi connectivity index (χ0) is 8.43. The van der Waals surface area contributed by atoms with E-state index in [4.69, 9.17) is 0 Å². The van der Waals surface area contributed by atoms with Crippen molar-refractivity contribution in [3.05, 3.63) is 12.1 Å². The fourth-order valence-corrected chi connectivity index (χ4v) is 1.48. The molecule has 0 bridgehead atoms. The molecule has 1 rings (SSSR count). The molecule has 11 heavy (non-hydrogen) atoms. The van der Waals surface area contributed by atoms with Gasteiger partial charge in [-0.1, -0.05) is 25.7 Å². The minimum atomic E-state index is -2.13. The van der Waals surface area contributed by atoms with E-state index < -0.39 is 13.0 Å². The smallest absolute Gasteiger partial charge is 0.110 e. The van der Waals surface area contributed by atoms with E-state index in [1.54, 1.807) is 6.92 Å². The highest BCUT2D eigenvalue weighted by atomic mass is 19.3. The second kappa shape index (κ2) is 3.37. The van der Waals surface area contributed by atoms with Crippen molar-refractivity contribution in [2.24, 2.45) is 5.92 Å². The summed E-state index contributed by atoms with van der Waals surface area (Å²) in [5.74, 6) is 0.598. The van der Waals surface area contributed by atoms with E-state index >= 15 is 0 Å². The molecular formula is C8H14BF2-. The predicted molar refractivity (Wildman–Crippen MR) is 45.5 cm³/mol. The summed E-state index contributed by atoms with van der Waals surface area (Å²) >= 11 is 0. The van der Waals surface area contributed by atoms with E-state index in [1.165, 1.54) is 0 Å². The Kier molecular flexibility index (Phi) is 2.69. The second-order valence-electron chi connectivity index (χ2n) is 3.82. The van der Waals surface area contributed by atoms with Gasteiger partial charge in [-0.2, -0.15) is 6.32 Å². The van der Waals surface area contributed by atoms with Crippen LogP contribution in [0.4, 0.5) is 8.78 Å². The third-order valence-electron chi connectivity index (χ3n) is 2.56. The molecule has 1 aliphatic carbocycles. The third kappa shape index (κ3) is 2.64. The maximum Gasteiger partial charge on any atom is 0.110 e. The van der Waals surface area contributed by atoms with Crippen LogP contribution >= 0.6 is 0 Å². The Balaban J connectivity index is 2.37. The average molecular weight is 159 g/mol. The quantitative estimate of drug-likeness (QED) is 0.553. The first-order valence-corrected chi connectivity index (χ1v) is 4.28. The molecule has 0 aromatic heterocycles. The van der Waals surface area contributed by atoms with Gasteiger partial charge >= 0.3 is 0 Å². The van der Waals surface area contributed by atoms with Crippen LogP contribution in [-0.2, 0) is 0 Å². The van der Waals surface area contributed by atoms with E-state index in [2.05, 4.69) is 6.58 Å². The van der Waals surface area contributed by atoms with Crippen LogP contribution in [0.25, 0.3) is 0 Å². The van der Waals surface area contributed by atoms with Gasteiger partial charge in [0.15, 0.2) is 0 Å². The molecule has 0 spiro atoms. The van der Waals surface area contributed by atoms with Gasteiger partial charge in [-0.15, -0.1) is 6.58 Å². The molecular weight excluding hydrogens is 145 g/mol. The number of halogens is 2. The Morgan fingerprint density at radius 2 is 2.18 bits per heavy atom.